The highest BCUT2D eigenvalue weighted by molar-refractivity contribution is 7.16. The Bertz CT molecular complexity index is 2230. The van der Waals surface area contributed by atoms with Gasteiger partial charge in [0.1, 0.15) is 0 Å². The van der Waals surface area contributed by atoms with Crippen LogP contribution in [0.3, 0.4) is 0 Å². The first-order valence-corrected chi connectivity index (χ1v) is 19.8. The molecule has 4 aliphatic rings. The van der Waals surface area contributed by atoms with E-state index in [0.29, 0.717) is 0 Å². The second-order valence-corrected chi connectivity index (χ2v) is 19.1. The summed E-state index contributed by atoms with van der Waals surface area (Å²) < 4.78 is 8.30. The highest BCUT2D eigenvalue weighted by Gasteiger charge is 2.61. The smallest absolute Gasteiger partial charge is 0.389 e. The highest BCUT2D eigenvalue weighted by Crippen LogP contribution is 2.49. The van der Waals surface area contributed by atoms with Gasteiger partial charge < -0.3 is 14.2 Å². The average Bonchev–Trinajstić information content (AvgIpc) is 3.15. The first-order valence-electron chi connectivity index (χ1n) is 19.8. The summed E-state index contributed by atoms with van der Waals surface area (Å²) in [4.78, 5) is 0. The number of fused-ring (bicyclic) bond motifs is 21. The van der Waals surface area contributed by atoms with Crippen molar-refractivity contribution >= 4 is 54.4 Å². The summed E-state index contributed by atoms with van der Waals surface area (Å²) in [5.74, 6) is 0. The number of rotatable bonds is 0. The van der Waals surface area contributed by atoms with Crippen molar-refractivity contribution in [1.82, 2.24) is 0 Å². The standard InChI is InChI=1S/C48H48B3N3/c1-46(2,3)31-22-25-40-37(28-31)34-16-10-13-19-43(34)52-49(40)53-44-20-14-11-17-35(44)38-29-33(48(7,8)9)24-27-42(38)51(53)54-45-21-15-12-18-36(45)39-30-32(47(4,5)6)23-26-41(39)50(52)54/h10-30H,1-9H3. The fourth-order valence-corrected chi connectivity index (χ4v) is 9.72. The molecule has 4 heterocycles. The number of nitrogens with zero attached hydrogens (tertiary/aromatic N) is 3. The van der Waals surface area contributed by atoms with Crippen LogP contribution in [0.25, 0.3) is 33.4 Å². The van der Waals surface area contributed by atoms with E-state index in [1.54, 1.807) is 0 Å². The largest absolute Gasteiger partial charge is 0.416 e. The SMILES string of the molecule is CC(C)(C)c1ccc2c(c1)-c1ccccc1N1B2N2B(c3ccc(C(C)(C)C)cc3-c3ccccc32)N2B1c1ccc(C(C)(C)C)cc1-c1ccccc12. The van der Waals surface area contributed by atoms with Gasteiger partial charge in [0.05, 0.1) is 0 Å². The van der Waals surface area contributed by atoms with Gasteiger partial charge in [-0.3, -0.25) is 0 Å². The average molecular weight is 699 g/mol. The third kappa shape index (κ3) is 4.71. The third-order valence-electron chi connectivity index (χ3n) is 12.6. The van der Waals surface area contributed by atoms with Crippen LogP contribution in [0, 0.1) is 0 Å². The molecule has 0 aliphatic carbocycles. The molecule has 10 rings (SSSR count). The molecule has 4 aliphatic heterocycles. The molecule has 0 bridgehead atoms. The lowest BCUT2D eigenvalue weighted by molar-refractivity contribution is 0.590. The van der Waals surface area contributed by atoms with Crippen LogP contribution in [0.5, 0.6) is 0 Å². The lowest BCUT2D eigenvalue weighted by Gasteiger charge is -2.61. The quantitative estimate of drug-likeness (QED) is 0.146. The number of para-hydroxylation sites is 3. The van der Waals surface area contributed by atoms with Crippen molar-refractivity contribution in [3.8, 4) is 33.4 Å². The monoisotopic (exact) mass is 699 g/mol. The van der Waals surface area contributed by atoms with Gasteiger partial charge >= 0.3 is 20.9 Å². The molecular formula is C48H48B3N3. The minimum absolute atomic E-state index is 0.0330. The predicted molar refractivity (Wildman–Crippen MR) is 235 cm³/mol. The van der Waals surface area contributed by atoms with Crippen LogP contribution in [0.4, 0.5) is 17.1 Å². The Morgan fingerprint density at radius 3 is 0.833 bits per heavy atom. The zero-order valence-electron chi connectivity index (χ0n) is 33.2. The van der Waals surface area contributed by atoms with Gasteiger partial charge in [-0.2, -0.15) is 0 Å². The van der Waals surface area contributed by atoms with Gasteiger partial charge in [0.15, 0.2) is 0 Å². The molecule has 0 N–H and O–H groups in total. The van der Waals surface area contributed by atoms with Crippen molar-refractivity contribution in [3.05, 3.63) is 144 Å². The van der Waals surface area contributed by atoms with Crippen LogP contribution in [0.15, 0.2) is 127 Å². The van der Waals surface area contributed by atoms with Crippen molar-refractivity contribution in [2.75, 3.05) is 14.2 Å². The van der Waals surface area contributed by atoms with E-state index in [1.807, 2.05) is 0 Å². The Morgan fingerprint density at radius 1 is 0.315 bits per heavy atom. The molecule has 1 saturated heterocycles. The molecule has 3 nitrogen and oxygen atoms in total. The van der Waals surface area contributed by atoms with Gasteiger partial charge in [-0.25, -0.2) is 0 Å². The van der Waals surface area contributed by atoms with Crippen molar-refractivity contribution in [1.29, 1.82) is 0 Å². The number of hydrogen-bond donors (Lipinski definition) is 0. The van der Waals surface area contributed by atoms with Crippen molar-refractivity contribution < 1.29 is 0 Å². The molecule has 6 aromatic carbocycles. The van der Waals surface area contributed by atoms with Gasteiger partial charge in [-0.1, -0.05) is 172 Å². The zero-order valence-corrected chi connectivity index (χ0v) is 33.2. The Morgan fingerprint density at radius 2 is 0.574 bits per heavy atom. The minimum atomic E-state index is -0.0489. The zero-order chi connectivity index (χ0) is 37.5. The maximum atomic E-state index is 2.77. The second kappa shape index (κ2) is 11.2. The Kier molecular flexibility index (Phi) is 6.96. The summed E-state index contributed by atoms with van der Waals surface area (Å²) in [6.45, 7) is 20.8. The lowest BCUT2D eigenvalue weighted by Crippen LogP contribution is -2.88. The van der Waals surface area contributed by atoms with E-state index in [1.165, 1.54) is 83.5 Å². The molecule has 0 atom stereocenters. The Labute approximate surface area is 323 Å². The van der Waals surface area contributed by atoms with Crippen molar-refractivity contribution in [2.24, 2.45) is 0 Å². The van der Waals surface area contributed by atoms with Gasteiger partial charge in [0.2, 0.25) is 0 Å². The molecule has 264 valence electrons. The van der Waals surface area contributed by atoms with E-state index >= 15 is 0 Å². The highest BCUT2D eigenvalue weighted by atomic mass is 15.3. The van der Waals surface area contributed by atoms with Crippen LogP contribution in [0.2, 0.25) is 0 Å². The van der Waals surface area contributed by atoms with E-state index in [9.17, 15) is 0 Å². The summed E-state index contributed by atoms with van der Waals surface area (Å²) in [5, 5.41) is 0. The fourth-order valence-electron chi connectivity index (χ4n) is 9.72. The number of hydrogen-bond acceptors (Lipinski definition) is 3. The summed E-state index contributed by atoms with van der Waals surface area (Å²) in [7, 11) is 0. The van der Waals surface area contributed by atoms with Crippen molar-refractivity contribution in [2.45, 2.75) is 78.6 Å². The molecule has 1 fully saturated rings. The number of anilines is 3. The van der Waals surface area contributed by atoms with Crippen molar-refractivity contribution in [3.63, 3.8) is 0 Å². The van der Waals surface area contributed by atoms with E-state index in [4.69, 9.17) is 0 Å². The summed E-state index contributed by atoms with van der Waals surface area (Å²) in [6.07, 6.45) is 0. The molecular weight excluding hydrogens is 651 g/mol. The van der Waals surface area contributed by atoms with Crippen LogP contribution in [0.1, 0.15) is 79.0 Å². The van der Waals surface area contributed by atoms with E-state index in [2.05, 4.69) is 204 Å². The normalized spacial score (nSPS) is 15.3. The van der Waals surface area contributed by atoms with Gasteiger partial charge in [-0.05, 0) is 84.2 Å². The fraction of sp³-hybridized carbons (Fsp3) is 0.250. The molecule has 0 radical (unpaired) electrons. The Balaban J connectivity index is 1.33. The second-order valence-electron chi connectivity index (χ2n) is 19.1. The summed E-state index contributed by atoms with van der Waals surface area (Å²) in [6, 6.07) is 49.5. The molecule has 0 unspecified atom stereocenters. The molecule has 54 heavy (non-hydrogen) atoms. The van der Waals surface area contributed by atoms with E-state index < -0.39 is 0 Å². The van der Waals surface area contributed by atoms with Crippen LogP contribution < -0.4 is 30.6 Å². The molecule has 6 aromatic rings. The summed E-state index contributed by atoms with van der Waals surface area (Å²) >= 11 is 0. The molecule has 6 heteroatoms. The lowest BCUT2D eigenvalue weighted by atomic mass is 9.33. The maximum Gasteiger partial charge on any atom is 0.389 e. The molecule has 0 saturated carbocycles. The Hall–Kier alpha value is -5.09. The van der Waals surface area contributed by atoms with Gasteiger partial charge in [0.25, 0.3) is 0 Å². The van der Waals surface area contributed by atoms with Crippen LogP contribution in [-0.4, -0.2) is 20.9 Å². The van der Waals surface area contributed by atoms with Gasteiger partial charge in [-0.15, -0.1) is 0 Å². The first-order chi connectivity index (χ1) is 25.7. The predicted octanol–water partition coefficient (Wildman–Crippen LogP) is 9.54. The number of benzene rings is 6. The molecule has 0 aromatic heterocycles. The van der Waals surface area contributed by atoms with Crippen LogP contribution >= 0.6 is 0 Å². The van der Waals surface area contributed by atoms with E-state index in [0.717, 1.165) is 0 Å². The summed E-state index contributed by atoms with van der Waals surface area (Å²) in [5.41, 5.74) is 20.1. The van der Waals surface area contributed by atoms with Crippen LogP contribution in [-0.2, 0) is 16.2 Å². The van der Waals surface area contributed by atoms with Gasteiger partial charge in [0, 0.05) is 33.8 Å². The van der Waals surface area contributed by atoms with E-state index in [-0.39, 0.29) is 37.2 Å². The molecule has 0 spiro atoms. The first kappa shape index (κ1) is 33.5. The maximum absolute atomic E-state index is 2.77. The third-order valence-corrected chi connectivity index (χ3v) is 12.6. The topological polar surface area (TPSA) is 9.72 Å². The molecule has 0 amide bonds. The minimum Gasteiger partial charge on any atom is -0.416 e.